The molecule has 0 saturated carbocycles. The molecule has 1 aromatic carbocycles. The van der Waals surface area contributed by atoms with Gasteiger partial charge in [0, 0.05) is 5.56 Å². The fourth-order valence-electron chi connectivity index (χ4n) is 0.612. The second-order valence-electron chi connectivity index (χ2n) is 1.75. The summed E-state index contributed by atoms with van der Waals surface area (Å²) in [6, 6.07) is 6.63. The Kier molecular flexibility index (Phi) is 1.62. The summed E-state index contributed by atoms with van der Waals surface area (Å²) in [6.07, 6.45) is 0. The molecule has 0 unspecified atom stereocenters. The van der Waals surface area contributed by atoms with Crippen LogP contribution in [0, 0.1) is 0 Å². The molecule has 0 atom stereocenters. The minimum atomic E-state index is -0.435. The minimum Gasteiger partial charge on any atom is -0.290 e. The third-order valence-electron chi connectivity index (χ3n) is 1.08. The van der Waals surface area contributed by atoms with Gasteiger partial charge in [-0.2, -0.15) is 0 Å². The van der Waals surface area contributed by atoms with Crippen molar-refractivity contribution < 1.29 is 6.17 Å². The third kappa shape index (κ3) is 1.33. The van der Waals surface area contributed by atoms with Crippen molar-refractivity contribution in [3.05, 3.63) is 35.9 Å². The van der Waals surface area contributed by atoms with E-state index in [2.05, 4.69) is 0 Å². The lowest BCUT2D eigenvalue weighted by atomic mass is 10.2. The van der Waals surface area contributed by atoms with Crippen LogP contribution in [-0.2, 0) is 0 Å². The second kappa shape index (κ2) is 2.98. The van der Waals surface area contributed by atoms with Gasteiger partial charge in [-0.25, -0.2) is 5.84 Å². The first-order valence-corrected chi connectivity index (χ1v) is 2.82. The van der Waals surface area contributed by atoms with Crippen LogP contribution >= 0.6 is 0 Å². The summed E-state index contributed by atoms with van der Waals surface area (Å²) >= 11 is 0. The highest BCUT2D eigenvalue weighted by atomic mass is 16.2. The van der Waals surface area contributed by atoms with Crippen molar-refractivity contribution in [2.45, 2.75) is 0 Å². The standard InChI is InChI=1S/C7H8N2O/c8-9-7(10)6-4-2-1-3-5-6/h1-5H,8H2,(H,9,10)/i4D. The molecule has 10 heavy (non-hydrogen) atoms. The molecule has 0 aliphatic carbocycles. The van der Waals surface area contributed by atoms with E-state index in [9.17, 15) is 4.79 Å². The summed E-state index contributed by atoms with van der Waals surface area (Å²) in [5.74, 6) is 4.46. The van der Waals surface area contributed by atoms with Gasteiger partial charge in [-0.3, -0.25) is 10.2 Å². The van der Waals surface area contributed by atoms with Crippen LogP contribution in [0.3, 0.4) is 0 Å². The van der Waals surface area contributed by atoms with Crippen LogP contribution in [0.4, 0.5) is 0 Å². The predicted octanol–water partition coefficient (Wildman–Crippen LogP) is 0.290. The Hall–Kier alpha value is -1.35. The van der Waals surface area contributed by atoms with Crippen LogP contribution in [0.25, 0.3) is 0 Å². The van der Waals surface area contributed by atoms with Gasteiger partial charge in [0.2, 0.25) is 0 Å². The predicted molar refractivity (Wildman–Crippen MR) is 38.1 cm³/mol. The molecule has 3 nitrogen and oxygen atoms in total. The Morgan fingerprint density at radius 1 is 1.60 bits per heavy atom. The summed E-state index contributed by atoms with van der Waals surface area (Å²) in [6.45, 7) is 0. The monoisotopic (exact) mass is 137 g/mol. The summed E-state index contributed by atoms with van der Waals surface area (Å²) in [5, 5.41) is 0. The number of hydrogen-bond donors (Lipinski definition) is 2. The maximum atomic E-state index is 10.9. The van der Waals surface area contributed by atoms with Gasteiger partial charge in [0.15, 0.2) is 0 Å². The van der Waals surface area contributed by atoms with Gasteiger partial charge < -0.3 is 0 Å². The lowest BCUT2D eigenvalue weighted by Crippen LogP contribution is -2.29. The number of rotatable bonds is 1. The number of nitrogens with one attached hydrogen (secondary N) is 1. The fraction of sp³-hybridized carbons (Fsp3) is 0. The van der Waals surface area contributed by atoms with E-state index in [1.807, 2.05) is 5.43 Å². The minimum absolute atomic E-state index is 0.176. The molecule has 3 N–H and O–H groups in total. The van der Waals surface area contributed by atoms with Crippen LogP contribution in [0.1, 0.15) is 11.7 Å². The number of nitrogen functional groups attached to an aromatic ring is 1. The van der Waals surface area contributed by atoms with Crippen molar-refractivity contribution in [2.24, 2.45) is 5.84 Å². The summed E-state index contributed by atoms with van der Waals surface area (Å²) < 4.78 is 7.29. The van der Waals surface area contributed by atoms with E-state index in [0.717, 1.165) is 0 Å². The molecule has 1 rings (SSSR count). The molecule has 52 valence electrons. The lowest BCUT2D eigenvalue weighted by molar-refractivity contribution is 0.0953. The van der Waals surface area contributed by atoms with E-state index in [-0.39, 0.29) is 11.6 Å². The van der Waals surface area contributed by atoms with E-state index in [4.69, 9.17) is 7.21 Å². The van der Waals surface area contributed by atoms with Gasteiger partial charge in [0.1, 0.15) is 0 Å². The number of carbonyl (C=O) groups excluding carboxylic acids is 1. The van der Waals surface area contributed by atoms with Crippen molar-refractivity contribution in [3.63, 3.8) is 0 Å². The van der Waals surface area contributed by atoms with Crippen LogP contribution in [0.15, 0.2) is 30.3 Å². The zero-order chi connectivity index (χ0) is 8.27. The highest BCUT2D eigenvalue weighted by Gasteiger charge is 1.98. The SMILES string of the molecule is [2H]c1ccccc1C(=O)NN. The van der Waals surface area contributed by atoms with Gasteiger partial charge >= 0.3 is 0 Å². The molecule has 0 aromatic heterocycles. The molecule has 1 amide bonds. The summed E-state index contributed by atoms with van der Waals surface area (Å²) in [5.41, 5.74) is 2.25. The van der Waals surface area contributed by atoms with Crippen molar-refractivity contribution in [3.8, 4) is 0 Å². The Bertz CT molecular complexity index is 275. The number of hydrazine groups is 1. The highest BCUT2D eigenvalue weighted by molar-refractivity contribution is 5.93. The van der Waals surface area contributed by atoms with E-state index in [0.29, 0.717) is 0 Å². The molecule has 3 heteroatoms. The van der Waals surface area contributed by atoms with Crippen molar-refractivity contribution in [2.75, 3.05) is 0 Å². The molecular formula is C7H8N2O. The van der Waals surface area contributed by atoms with Crippen LogP contribution < -0.4 is 11.3 Å². The zero-order valence-corrected chi connectivity index (χ0v) is 5.29. The van der Waals surface area contributed by atoms with Gasteiger partial charge in [-0.1, -0.05) is 18.2 Å². The number of carbonyl (C=O) groups is 1. The highest BCUT2D eigenvalue weighted by Crippen LogP contribution is 1.95. The third-order valence-corrected chi connectivity index (χ3v) is 1.08. The van der Waals surface area contributed by atoms with E-state index in [1.165, 1.54) is 6.07 Å². The topological polar surface area (TPSA) is 55.1 Å². The van der Waals surface area contributed by atoms with Crippen LogP contribution in [0.2, 0.25) is 0 Å². The normalized spacial score (nSPS) is 10.3. The fourth-order valence-corrected chi connectivity index (χ4v) is 0.612. The quantitative estimate of drug-likeness (QED) is 0.332. The molecular weight excluding hydrogens is 128 g/mol. The average Bonchev–Trinajstić information content (AvgIpc) is 2.04. The second-order valence-corrected chi connectivity index (χ2v) is 1.75. The molecule has 0 radical (unpaired) electrons. The lowest BCUT2D eigenvalue weighted by Gasteiger charge is -1.95. The first-order chi connectivity index (χ1) is 5.25. The summed E-state index contributed by atoms with van der Waals surface area (Å²) in [7, 11) is 0. The molecule has 0 fully saturated rings. The smallest absolute Gasteiger partial charge is 0.265 e. The maximum absolute atomic E-state index is 10.9. The van der Waals surface area contributed by atoms with Crippen LogP contribution in [-0.4, -0.2) is 5.91 Å². The number of benzene rings is 1. The van der Waals surface area contributed by atoms with Gasteiger partial charge in [-0.05, 0) is 12.1 Å². The number of nitrogens with two attached hydrogens (primary N) is 1. The van der Waals surface area contributed by atoms with Crippen molar-refractivity contribution in [1.82, 2.24) is 5.43 Å². The molecule has 0 saturated heterocycles. The molecule has 0 aliphatic rings. The molecule has 0 aliphatic heterocycles. The first kappa shape index (κ1) is 5.44. The number of hydrogen-bond acceptors (Lipinski definition) is 2. The molecule has 1 aromatic rings. The van der Waals surface area contributed by atoms with Crippen molar-refractivity contribution in [1.29, 1.82) is 0 Å². The Morgan fingerprint density at radius 2 is 2.40 bits per heavy atom. The largest absolute Gasteiger partial charge is 0.290 e. The van der Waals surface area contributed by atoms with Crippen LogP contribution in [0.5, 0.6) is 0 Å². The van der Waals surface area contributed by atoms with Gasteiger partial charge in [-0.15, -0.1) is 0 Å². The Labute approximate surface area is 60.2 Å². The van der Waals surface area contributed by atoms with E-state index in [1.54, 1.807) is 18.2 Å². The van der Waals surface area contributed by atoms with E-state index < -0.39 is 5.91 Å². The Morgan fingerprint density at radius 3 is 3.00 bits per heavy atom. The average molecular weight is 137 g/mol. The number of amides is 1. The molecule has 0 spiro atoms. The maximum Gasteiger partial charge on any atom is 0.265 e. The Balaban J connectivity index is 3.03. The van der Waals surface area contributed by atoms with Crippen molar-refractivity contribution >= 4 is 5.91 Å². The summed E-state index contributed by atoms with van der Waals surface area (Å²) in [4.78, 5) is 10.9. The van der Waals surface area contributed by atoms with Gasteiger partial charge in [0.05, 0.1) is 1.37 Å². The van der Waals surface area contributed by atoms with Gasteiger partial charge in [0.25, 0.3) is 5.91 Å². The molecule has 0 bridgehead atoms. The zero-order valence-electron chi connectivity index (χ0n) is 6.29. The van der Waals surface area contributed by atoms with E-state index >= 15 is 0 Å². The molecule has 0 heterocycles. The first-order valence-electron chi connectivity index (χ1n) is 3.32.